The van der Waals surface area contributed by atoms with Crippen LogP contribution in [0, 0.1) is 0 Å². The fourth-order valence-electron chi connectivity index (χ4n) is 2.01. The first kappa shape index (κ1) is 11.3. The van der Waals surface area contributed by atoms with Crippen molar-refractivity contribution in [3.8, 4) is 0 Å². The van der Waals surface area contributed by atoms with E-state index in [9.17, 15) is 5.11 Å². The Bertz CT molecular complexity index is 646. The monoisotopic (exact) mass is 256 g/mol. The van der Waals surface area contributed by atoms with E-state index in [0.29, 0.717) is 6.42 Å². The van der Waals surface area contributed by atoms with Gasteiger partial charge in [0.05, 0.1) is 17.1 Å². The molecule has 0 saturated carbocycles. The lowest BCUT2D eigenvalue weighted by Gasteiger charge is -2.11. The van der Waals surface area contributed by atoms with Gasteiger partial charge in [0, 0.05) is 29.3 Å². The summed E-state index contributed by atoms with van der Waals surface area (Å²) in [4.78, 5) is 9.73. The Hall–Kier alpha value is -1.78. The van der Waals surface area contributed by atoms with Gasteiger partial charge in [-0.3, -0.25) is 9.97 Å². The van der Waals surface area contributed by atoms with Crippen LogP contribution in [-0.2, 0) is 6.42 Å². The number of para-hydroxylation sites is 1. The summed E-state index contributed by atoms with van der Waals surface area (Å²) in [6.07, 6.45) is 3.40. The molecule has 2 heterocycles. The third kappa shape index (κ3) is 2.12. The van der Waals surface area contributed by atoms with E-state index in [0.717, 1.165) is 16.6 Å². The van der Waals surface area contributed by atoms with Crippen LogP contribution in [0.4, 0.5) is 0 Å². The second-order valence-corrected chi connectivity index (χ2v) is 5.10. The maximum Gasteiger partial charge on any atom is 0.0944 e. The van der Waals surface area contributed by atoms with E-state index in [1.165, 1.54) is 4.88 Å². The van der Waals surface area contributed by atoms with Crippen LogP contribution < -0.4 is 0 Å². The highest BCUT2D eigenvalue weighted by Gasteiger charge is 2.13. The van der Waals surface area contributed by atoms with Crippen LogP contribution in [0.25, 0.3) is 11.0 Å². The minimum Gasteiger partial charge on any atom is -0.388 e. The van der Waals surface area contributed by atoms with Crippen LogP contribution in [0.5, 0.6) is 0 Å². The summed E-state index contributed by atoms with van der Waals surface area (Å²) in [7, 11) is 0. The van der Waals surface area contributed by atoms with Crippen LogP contribution in [0.2, 0.25) is 0 Å². The van der Waals surface area contributed by atoms with Gasteiger partial charge in [-0.1, -0.05) is 18.2 Å². The molecule has 0 aliphatic rings. The fraction of sp³-hybridized carbons (Fsp3) is 0.143. The Labute approximate surface area is 109 Å². The van der Waals surface area contributed by atoms with E-state index in [2.05, 4.69) is 9.97 Å². The Kier molecular flexibility index (Phi) is 3.04. The largest absolute Gasteiger partial charge is 0.388 e. The zero-order chi connectivity index (χ0) is 12.4. The Morgan fingerprint density at radius 1 is 1.11 bits per heavy atom. The third-order valence-corrected chi connectivity index (χ3v) is 3.76. The number of aliphatic hydroxyl groups excluding tert-OH is 1. The molecule has 3 rings (SSSR count). The van der Waals surface area contributed by atoms with Crippen molar-refractivity contribution in [1.82, 2.24) is 9.97 Å². The van der Waals surface area contributed by atoms with E-state index in [4.69, 9.17) is 0 Å². The van der Waals surface area contributed by atoms with E-state index < -0.39 is 6.10 Å². The van der Waals surface area contributed by atoms with Gasteiger partial charge in [-0.25, -0.2) is 0 Å². The standard InChI is InChI=1S/C14H12N2OS/c17-13(9-10-3-2-8-18-10)11-4-1-5-12-14(11)16-7-6-15-12/h1-8,13,17H,9H2. The molecule has 0 amide bonds. The van der Waals surface area contributed by atoms with Gasteiger partial charge in [-0.2, -0.15) is 0 Å². The third-order valence-electron chi connectivity index (χ3n) is 2.86. The molecule has 90 valence electrons. The molecular formula is C14H12N2OS. The molecular weight excluding hydrogens is 244 g/mol. The average molecular weight is 256 g/mol. The van der Waals surface area contributed by atoms with Crippen molar-refractivity contribution in [1.29, 1.82) is 0 Å². The van der Waals surface area contributed by atoms with E-state index in [1.807, 2.05) is 35.7 Å². The molecule has 1 atom stereocenters. The first-order valence-electron chi connectivity index (χ1n) is 5.74. The highest BCUT2D eigenvalue weighted by molar-refractivity contribution is 7.09. The van der Waals surface area contributed by atoms with Crippen LogP contribution in [-0.4, -0.2) is 15.1 Å². The number of thiophene rings is 1. The lowest BCUT2D eigenvalue weighted by molar-refractivity contribution is 0.181. The molecule has 0 aliphatic heterocycles. The van der Waals surface area contributed by atoms with Crippen molar-refractivity contribution in [3.05, 3.63) is 58.5 Å². The highest BCUT2D eigenvalue weighted by atomic mass is 32.1. The average Bonchev–Trinajstić information content (AvgIpc) is 2.91. The van der Waals surface area contributed by atoms with Crippen LogP contribution in [0.15, 0.2) is 48.1 Å². The molecule has 3 aromatic rings. The van der Waals surface area contributed by atoms with Crippen molar-refractivity contribution in [2.75, 3.05) is 0 Å². The summed E-state index contributed by atoms with van der Waals surface area (Å²) in [6.45, 7) is 0. The van der Waals surface area contributed by atoms with Gasteiger partial charge in [0.2, 0.25) is 0 Å². The smallest absolute Gasteiger partial charge is 0.0944 e. The molecule has 0 radical (unpaired) electrons. The number of hydrogen-bond acceptors (Lipinski definition) is 4. The number of aromatic nitrogens is 2. The van der Waals surface area contributed by atoms with Crippen molar-refractivity contribution in [3.63, 3.8) is 0 Å². The normalized spacial score (nSPS) is 12.7. The second-order valence-electron chi connectivity index (χ2n) is 4.07. The second kappa shape index (κ2) is 4.84. The molecule has 1 aromatic carbocycles. The number of aliphatic hydroxyl groups is 1. The quantitative estimate of drug-likeness (QED) is 0.783. The van der Waals surface area contributed by atoms with Gasteiger partial charge in [-0.05, 0) is 17.5 Å². The minimum absolute atomic E-state index is 0.538. The first-order valence-corrected chi connectivity index (χ1v) is 6.62. The number of hydrogen-bond donors (Lipinski definition) is 1. The molecule has 1 unspecified atom stereocenters. The Morgan fingerprint density at radius 3 is 2.83 bits per heavy atom. The van der Waals surface area contributed by atoms with Gasteiger partial charge in [-0.15, -0.1) is 11.3 Å². The van der Waals surface area contributed by atoms with Gasteiger partial charge >= 0.3 is 0 Å². The summed E-state index contributed by atoms with van der Waals surface area (Å²) in [5, 5.41) is 12.3. The summed E-state index contributed by atoms with van der Waals surface area (Å²) in [5.74, 6) is 0. The van der Waals surface area contributed by atoms with Crippen molar-refractivity contribution >= 4 is 22.4 Å². The minimum atomic E-state index is -0.538. The fourth-order valence-corrected chi connectivity index (χ4v) is 2.76. The maximum absolute atomic E-state index is 10.3. The number of nitrogens with zero attached hydrogens (tertiary/aromatic N) is 2. The molecule has 0 spiro atoms. The van der Waals surface area contributed by atoms with Crippen molar-refractivity contribution < 1.29 is 5.11 Å². The van der Waals surface area contributed by atoms with Crippen molar-refractivity contribution in [2.45, 2.75) is 12.5 Å². The number of benzene rings is 1. The predicted molar refractivity (Wildman–Crippen MR) is 72.5 cm³/mol. The predicted octanol–water partition coefficient (Wildman–Crippen LogP) is 2.97. The van der Waals surface area contributed by atoms with Crippen molar-refractivity contribution in [2.24, 2.45) is 0 Å². The highest BCUT2D eigenvalue weighted by Crippen LogP contribution is 2.25. The summed E-state index contributed by atoms with van der Waals surface area (Å²) < 4.78 is 0. The molecule has 4 heteroatoms. The lowest BCUT2D eigenvalue weighted by Crippen LogP contribution is -2.02. The zero-order valence-electron chi connectivity index (χ0n) is 9.65. The van der Waals surface area contributed by atoms with Gasteiger partial charge in [0.15, 0.2) is 0 Å². The topological polar surface area (TPSA) is 46.0 Å². The molecule has 3 nitrogen and oxygen atoms in total. The molecule has 0 bridgehead atoms. The molecule has 1 N–H and O–H groups in total. The zero-order valence-corrected chi connectivity index (χ0v) is 10.5. The van der Waals surface area contributed by atoms with Crippen LogP contribution in [0.3, 0.4) is 0 Å². The molecule has 2 aromatic heterocycles. The molecule has 0 aliphatic carbocycles. The molecule has 0 saturated heterocycles. The first-order chi connectivity index (χ1) is 8.84. The summed E-state index contributed by atoms with van der Waals surface area (Å²) >= 11 is 1.66. The van der Waals surface area contributed by atoms with E-state index in [1.54, 1.807) is 23.7 Å². The van der Waals surface area contributed by atoms with E-state index in [-0.39, 0.29) is 0 Å². The Morgan fingerprint density at radius 2 is 2.00 bits per heavy atom. The molecule has 0 fully saturated rings. The number of fused-ring (bicyclic) bond motifs is 1. The van der Waals surface area contributed by atoms with E-state index >= 15 is 0 Å². The van der Waals surface area contributed by atoms with Crippen LogP contribution >= 0.6 is 11.3 Å². The van der Waals surface area contributed by atoms with Gasteiger partial charge < -0.3 is 5.11 Å². The summed E-state index contributed by atoms with van der Waals surface area (Å²) in [5.41, 5.74) is 2.44. The lowest BCUT2D eigenvalue weighted by atomic mass is 10.0. The molecule has 18 heavy (non-hydrogen) atoms. The van der Waals surface area contributed by atoms with Gasteiger partial charge in [0.1, 0.15) is 0 Å². The summed E-state index contributed by atoms with van der Waals surface area (Å²) in [6, 6.07) is 9.75. The van der Waals surface area contributed by atoms with Gasteiger partial charge in [0.25, 0.3) is 0 Å². The Balaban J connectivity index is 1.98. The number of rotatable bonds is 3. The maximum atomic E-state index is 10.3. The van der Waals surface area contributed by atoms with Crippen LogP contribution in [0.1, 0.15) is 16.5 Å². The SMILES string of the molecule is OC(Cc1cccs1)c1cccc2nccnc12.